The third-order valence-corrected chi connectivity index (χ3v) is 4.90. The predicted octanol–water partition coefficient (Wildman–Crippen LogP) is 3.82. The van der Waals surface area contributed by atoms with Crippen LogP contribution in [0.5, 0.6) is 5.75 Å². The van der Waals surface area contributed by atoms with Crippen molar-refractivity contribution in [2.75, 3.05) is 7.11 Å². The number of halogens is 1. The van der Waals surface area contributed by atoms with Crippen molar-refractivity contribution in [1.29, 1.82) is 0 Å². The molecule has 0 heterocycles. The number of ether oxygens (including phenoxy) is 1. The van der Waals surface area contributed by atoms with Crippen molar-refractivity contribution in [3.63, 3.8) is 0 Å². The molecule has 3 atom stereocenters. The van der Waals surface area contributed by atoms with Gasteiger partial charge in [-0.1, -0.05) is 30.5 Å². The number of hydrogen-bond acceptors (Lipinski definition) is 2. The highest BCUT2D eigenvalue weighted by Crippen LogP contribution is 2.60. The largest absolute Gasteiger partial charge is 0.495 e. The highest BCUT2D eigenvalue weighted by atomic mass is 35.5. The van der Waals surface area contributed by atoms with Gasteiger partial charge in [-0.05, 0) is 48.3 Å². The van der Waals surface area contributed by atoms with Crippen LogP contribution in [0.15, 0.2) is 18.2 Å². The van der Waals surface area contributed by atoms with Gasteiger partial charge in [-0.3, -0.25) is 0 Å². The van der Waals surface area contributed by atoms with Gasteiger partial charge in [0, 0.05) is 0 Å². The second-order valence-corrected chi connectivity index (χ2v) is 5.94. The molecular formula is C15H19ClO2. The molecule has 2 fully saturated rings. The molecule has 98 valence electrons. The zero-order valence-corrected chi connectivity index (χ0v) is 11.4. The van der Waals surface area contributed by atoms with E-state index in [0.29, 0.717) is 16.7 Å². The maximum absolute atomic E-state index is 10.5. The average Bonchev–Trinajstić information content (AvgIpc) is 3.12. The molecule has 2 aliphatic carbocycles. The van der Waals surface area contributed by atoms with Crippen molar-refractivity contribution in [3.05, 3.63) is 28.8 Å². The molecule has 0 aromatic heterocycles. The molecule has 0 aliphatic heterocycles. The van der Waals surface area contributed by atoms with Crippen LogP contribution < -0.4 is 4.74 Å². The maximum atomic E-state index is 10.5. The van der Waals surface area contributed by atoms with E-state index in [1.807, 2.05) is 18.2 Å². The van der Waals surface area contributed by atoms with Gasteiger partial charge in [0.2, 0.25) is 0 Å². The fourth-order valence-electron chi connectivity index (χ4n) is 3.60. The number of aliphatic hydroxyl groups is 1. The summed E-state index contributed by atoms with van der Waals surface area (Å²) in [4.78, 5) is 0. The molecule has 1 aromatic carbocycles. The van der Waals surface area contributed by atoms with Crippen molar-refractivity contribution in [2.24, 2.45) is 17.8 Å². The molecule has 3 heteroatoms. The standard InChI is InChI=1S/C15H19ClO2/c1-18-13-7-6-9(8-12(13)16)15(17)14-10-4-2-3-5-11(10)14/h6-8,10-11,14-15,17H,2-5H2,1H3. The first-order valence-corrected chi connectivity index (χ1v) is 7.11. The molecule has 0 saturated heterocycles. The molecule has 3 unspecified atom stereocenters. The third kappa shape index (κ3) is 2.02. The molecule has 3 rings (SSSR count). The Labute approximate surface area is 113 Å². The maximum Gasteiger partial charge on any atom is 0.137 e. The van der Waals surface area contributed by atoms with Crippen LogP contribution in [-0.4, -0.2) is 12.2 Å². The average molecular weight is 267 g/mol. The highest BCUT2D eigenvalue weighted by Gasteiger charge is 2.54. The van der Waals surface area contributed by atoms with Crippen LogP contribution >= 0.6 is 11.6 Å². The van der Waals surface area contributed by atoms with E-state index >= 15 is 0 Å². The zero-order chi connectivity index (χ0) is 12.7. The van der Waals surface area contributed by atoms with E-state index in [9.17, 15) is 5.11 Å². The van der Waals surface area contributed by atoms with Gasteiger partial charge in [0.15, 0.2) is 0 Å². The summed E-state index contributed by atoms with van der Waals surface area (Å²) in [5.74, 6) is 2.61. The number of hydrogen-bond donors (Lipinski definition) is 1. The lowest BCUT2D eigenvalue weighted by atomic mass is 10.0. The smallest absolute Gasteiger partial charge is 0.137 e. The first kappa shape index (κ1) is 12.3. The number of rotatable bonds is 3. The van der Waals surface area contributed by atoms with Crippen LogP contribution in [0.3, 0.4) is 0 Å². The molecule has 2 aliphatic rings. The molecule has 2 nitrogen and oxygen atoms in total. The Balaban J connectivity index is 1.76. The minimum absolute atomic E-state index is 0.360. The summed E-state index contributed by atoms with van der Waals surface area (Å²) < 4.78 is 5.14. The second-order valence-electron chi connectivity index (χ2n) is 5.53. The monoisotopic (exact) mass is 266 g/mol. The summed E-state index contributed by atoms with van der Waals surface area (Å²) in [5.41, 5.74) is 0.931. The van der Waals surface area contributed by atoms with E-state index in [4.69, 9.17) is 16.3 Å². The summed E-state index contributed by atoms with van der Waals surface area (Å²) in [5, 5.41) is 11.1. The van der Waals surface area contributed by atoms with Crippen LogP contribution in [-0.2, 0) is 0 Å². The highest BCUT2D eigenvalue weighted by molar-refractivity contribution is 6.32. The van der Waals surface area contributed by atoms with Crippen molar-refractivity contribution >= 4 is 11.6 Å². The Morgan fingerprint density at radius 3 is 2.50 bits per heavy atom. The van der Waals surface area contributed by atoms with Crippen LogP contribution in [0.1, 0.15) is 37.4 Å². The SMILES string of the molecule is COc1ccc(C(O)C2C3CCCCC32)cc1Cl. The molecule has 1 aromatic rings. The van der Waals surface area contributed by atoms with Gasteiger partial charge in [0.25, 0.3) is 0 Å². The van der Waals surface area contributed by atoms with Gasteiger partial charge in [-0.25, -0.2) is 0 Å². The quantitative estimate of drug-likeness (QED) is 0.901. The third-order valence-electron chi connectivity index (χ3n) is 4.60. The van der Waals surface area contributed by atoms with Gasteiger partial charge in [0.05, 0.1) is 18.2 Å². The van der Waals surface area contributed by atoms with E-state index in [-0.39, 0.29) is 6.10 Å². The van der Waals surface area contributed by atoms with Gasteiger partial charge in [-0.2, -0.15) is 0 Å². The summed E-state index contributed by atoms with van der Waals surface area (Å²) in [7, 11) is 1.60. The molecule has 2 saturated carbocycles. The Morgan fingerprint density at radius 1 is 1.28 bits per heavy atom. The van der Waals surface area contributed by atoms with Gasteiger partial charge in [0.1, 0.15) is 5.75 Å². The predicted molar refractivity (Wildman–Crippen MR) is 71.9 cm³/mol. The lowest BCUT2D eigenvalue weighted by molar-refractivity contribution is 0.142. The summed E-state index contributed by atoms with van der Waals surface area (Å²) in [6, 6.07) is 5.61. The summed E-state index contributed by atoms with van der Waals surface area (Å²) >= 11 is 6.12. The summed E-state index contributed by atoms with van der Waals surface area (Å²) in [6.07, 6.45) is 4.87. The van der Waals surface area contributed by atoms with Crippen LogP contribution in [0.4, 0.5) is 0 Å². The Hall–Kier alpha value is -0.730. The van der Waals surface area contributed by atoms with Crippen molar-refractivity contribution in [1.82, 2.24) is 0 Å². The van der Waals surface area contributed by atoms with E-state index in [2.05, 4.69) is 0 Å². The Morgan fingerprint density at radius 2 is 1.94 bits per heavy atom. The summed E-state index contributed by atoms with van der Waals surface area (Å²) in [6.45, 7) is 0. The van der Waals surface area contributed by atoms with Gasteiger partial charge in [-0.15, -0.1) is 0 Å². The van der Waals surface area contributed by atoms with Crippen molar-refractivity contribution < 1.29 is 9.84 Å². The van der Waals surface area contributed by atoms with Crippen molar-refractivity contribution in [3.8, 4) is 5.75 Å². The molecule has 18 heavy (non-hydrogen) atoms. The van der Waals surface area contributed by atoms with Gasteiger partial charge < -0.3 is 9.84 Å². The first-order chi connectivity index (χ1) is 8.72. The van der Waals surface area contributed by atoms with E-state index < -0.39 is 0 Å². The molecule has 0 bridgehead atoms. The lowest BCUT2D eigenvalue weighted by Crippen LogP contribution is -2.02. The molecule has 0 amide bonds. The minimum Gasteiger partial charge on any atom is -0.495 e. The fraction of sp³-hybridized carbons (Fsp3) is 0.600. The van der Waals surface area contributed by atoms with E-state index in [1.165, 1.54) is 25.7 Å². The molecule has 1 N–H and O–H groups in total. The minimum atomic E-state index is -0.360. The molecule has 0 radical (unpaired) electrons. The Bertz CT molecular complexity index is 434. The van der Waals surface area contributed by atoms with Gasteiger partial charge >= 0.3 is 0 Å². The number of benzene rings is 1. The van der Waals surface area contributed by atoms with E-state index in [0.717, 1.165) is 17.4 Å². The molecule has 0 spiro atoms. The molecular weight excluding hydrogens is 248 g/mol. The lowest BCUT2D eigenvalue weighted by Gasteiger charge is -2.12. The van der Waals surface area contributed by atoms with Crippen molar-refractivity contribution in [2.45, 2.75) is 31.8 Å². The zero-order valence-electron chi connectivity index (χ0n) is 10.6. The number of methoxy groups -OCH3 is 1. The van der Waals surface area contributed by atoms with Crippen LogP contribution in [0.25, 0.3) is 0 Å². The fourth-order valence-corrected chi connectivity index (χ4v) is 3.87. The van der Waals surface area contributed by atoms with Crippen LogP contribution in [0.2, 0.25) is 5.02 Å². The van der Waals surface area contributed by atoms with E-state index in [1.54, 1.807) is 7.11 Å². The Kier molecular flexibility index (Phi) is 3.25. The normalized spacial score (nSPS) is 31.6. The number of aliphatic hydroxyl groups excluding tert-OH is 1. The van der Waals surface area contributed by atoms with Crippen LogP contribution in [0, 0.1) is 17.8 Å². The first-order valence-electron chi connectivity index (χ1n) is 6.74. The number of fused-ring (bicyclic) bond motifs is 1. The second kappa shape index (κ2) is 4.75. The topological polar surface area (TPSA) is 29.5 Å².